The van der Waals surface area contributed by atoms with E-state index in [9.17, 15) is 14.4 Å². The average Bonchev–Trinajstić information content (AvgIpc) is 3.52. The Morgan fingerprint density at radius 3 is 2.61 bits per heavy atom. The number of benzene rings is 1. The number of para-hydroxylation sites is 1. The van der Waals surface area contributed by atoms with Gasteiger partial charge in [-0.15, -0.1) is 11.3 Å². The van der Waals surface area contributed by atoms with Crippen molar-refractivity contribution in [2.75, 3.05) is 19.7 Å². The van der Waals surface area contributed by atoms with E-state index in [1.165, 1.54) is 11.3 Å². The van der Waals surface area contributed by atoms with Crippen LogP contribution < -0.4 is 5.32 Å². The predicted octanol–water partition coefficient (Wildman–Crippen LogP) is 3.73. The van der Waals surface area contributed by atoms with Crippen LogP contribution in [0, 0.1) is 6.92 Å². The molecule has 1 aliphatic rings. The van der Waals surface area contributed by atoms with Gasteiger partial charge in [-0.1, -0.05) is 18.2 Å². The maximum absolute atomic E-state index is 13.2. The highest BCUT2D eigenvalue weighted by atomic mass is 32.1. The first kappa shape index (κ1) is 25.6. The van der Waals surface area contributed by atoms with Gasteiger partial charge in [-0.3, -0.25) is 14.4 Å². The first-order valence-corrected chi connectivity index (χ1v) is 13.1. The molecule has 0 spiro atoms. The van der Waals surface area contributed by atoms with Crippen LogP contribution in [0.2, 0.25) is 0 Å². The smallest absolute Gasteiger partial charge is 0.307 e. The van der Waals surface area contributed by atoms with Crippen LogP contribution >= 0.6 is 11.3 Å². The Morgan fingerprint density at radius 2 is 1.92 bits per heavy atom. The summed E-state index contributed by atoms with van der Waals surface area (Å²) in [4.78, 5) is 43.8. The number of carbonyl (C=O) groups is 3. The molecule has 1 atom stereocenters. The Balaban J connectivity index is 1.32. The van der Waals surface area contributed by atoms with Crippen LogP contribution in [0.5, 0.6) is 0 Å². The molecule has 3 aromatic rings. The van der Waals surface area contributed by atoms with E-state index in [1.807, 2.05) is 42.2 Å². The zero-order valence-corrected chi connectivity index (χ0v) is 21.6. The molecule has 1 aliphatic heterocycles. The van der Waals surface area contributed by atoms with Crippen molar-refractivity contribution >= 4 is 29.1 Å². The van der Waals surface area contributed by atoms with Gasteiger partial charge in [0.1, 0.15) is 5.69 Å². The molecule has 36 heavy (non-hydrogen) atoms. The van der Waals surface area contributed by atoms with Gasteiger partial charge in [0.2, 0.25) is 0 Å². The number of thiazole rings is 1. The van der Waals surface area contributed by atoms with Gasteiger partial charge in [0.25, 0.3) is 11.8 Å². The molecule has 0 radical (unpaired) electrons. The van der Waals surface area contributed by atoms with E-state index in [1.54, 1.807) is 30.1 Å². The predicted molar refractivity (Wildman–Crippen MR) is 136 cm³/mol. The van der Waals surface area contributed by atoms with E-state index in [4.69, 9.17) is 4.74 Å². The molecule has 10 heteroatoms. The number of hydrogen-bond acceptors (Lipinski definition) is 7. The number of ether oxygens (including phenoxy) is 1. The normalized spacial score (nSPS) is 14.9. The van der Waals surface area contributed by atoms with Gasteiger partial charge in [0, 0.05) is 30.4 Å². The second-order valence-electron chi connectivity index (χ2n) is 8.91. The highest BCUT2D eigenvalue weighted by Gasteiger charge is 2.29. The Hall–Kier alpha value is -3.53. The van der Waals surface area contributed by atoms with Crippen LogP contribution in [0.1, 0.15) is 70.6 Å². The van der Waals surface area contributed by atoms with Crippen LogP contribution in [-0.2, 0) is 9.53 Å². The summed E-state index contributed by atoms with van der Waals surface area (Å²) in [5.41, 5.74) is 2.71. The van der Waals surface area contributed by atoms with Crippen molar-refractivity contribution in [2.45, 2.75) is 52.0 Å². The first-order chi connectivity index (χ1) is 17.4. The number of likely N-dealkylation sites (tertiary alicyclic amines) is 1. The topological polar surface area (TPSA) is 106 Å². The molecule has 1 saturated heterocycles. The maximum Gasteiger partial charge on any atom is 0.307 e. The second-order valence-corrected chi connectivity index (χ2v) is 9.80. The molecule has 0 saturated carbocycles. The number of piperidine rings is 1. The van der Waals surface area contributed by atoms with Crippen LogP contribution in [0.15, 0.2) is 41.9 Å². The summed E-state index contributed by atoms with van der Waals surface area (Å²) in [5, 5.41) is 9.88. The fraction of sp³-hybridized carbons (Fsp3) is 0.423. The van der Waals surface area contributed by atoms with Crippen molar-refractivity contribution in [1.29, 1.82) is 0 Å². The van der Waals surface area contributed by atoms with E-state index >= 15 is 0 Å². The van der Waals surface area contributed by atoms with Gasteiger partial charge in [-0.2, -0.15) is 5.10 Å². The van der Waals surface area contributed by atoms with Gasteiger partial charge in [-0.25, -0.2) is 9.67 Å². The maximum atomic E-state index is 13.2. The fourth-order valence-electron chi connectivity index (χ4n) is 4.35. The minimum Gasteiger partial charge on any atom is -0.466 e. The molecule has 1 fully saturated rings. The van der Waals surface area contributed by atoms with E-state index in [2.05, 4.69) is 15.4 Å². The molecule has 190 valence electrons. The summed E-state index contributed by atoms with van der Waals surface area (Å²) in [5.74, 6) is -0.449. The van der Waals surface area contributed by atoms with Crippen molar-refractivity contribution in [3.63, 3.8) is 0 Å². The van der Waals surface area contributed by atoms with Crippen LogP contribution in [-0.4, -0.2) is 63.2 Å². The molecule has 0 bridgehead atoms. The van der Waals surface area contributed by atoms with Crippen molar-refractivity contribution in [2.24, 2.45) is 0 Å². The molecule has 3 heterocycles. The zero-order valence-electron chi connectivity index (χ0n) is 20.8. The SMILES string of the molecule is CCOC(=O)CC(C)NC(=O)c1csc(C2CCN(C(=O)c3cnn(-c4ccccc4)c3C)CC2)n1. The van der Waals surface area contributed by atoms with Crippen LogP contribution in [0.4, 0.5) is 0 Å². The number of rotatable bonds is 8. The fourth-order valence-corrected chi connectivity index (χ4v) is 5.32. The molecule has 9 nitrogen and oxygen atoms in total. The third kappa shape index (κ3) is 5.81. The van der Waals surface area contributed by atoms with Gasteiger partial charge in [-0.05, 0) is 45.7 Å². The number of aromatic nitrogens is 3. The molecular weight excluding hydrogens is 478 g/mol. The quantitative estimate of drug-likeness (QED) is 0.464. The number of esters is 1. The molecule has 1 unspecified atom stereocenters. The highest BCUT2D eigenvalue weighted by Crippen LogP contribution is 2.31. The molecule has 2 amide bonds. The van der Waals surface area contributed by atoms with E-state index < -0.39 is 0 Å². The first-order valence-electron chi connectivity index (χ1n) is 12.2. The van der Waals surface area contributed by atoms with E-state index in [-0.39, 0.29) is 36.2 Å². The summed E-state index contributed by atoms with van der Waals surface area (Å²) in [6, 6.07) is 9.42. The van der Waals surface area contributed by atoms with E-state index in [0.717, 1.165) is 29.2 Å². The highest BCUT2D eigenvalue weighted by molar-refractivity contribution is 7.09. The Bertz CT molecular complexity index is 1210. The summed E-state index contributed by atoms with van der Waals surface area (Å²) >= 11 is 1.46. The number of nitrogens with zero attached hydrogens (tertiary/aromatic N) is 4. The number of nitrogens with one attached hydrogen (secondary N) is 1. The molecule has 1 aromatic carbocycles. The lowest BCUT2D eigenvalue weighted by molar-refractivity contribution is -0.143. The Morgan fingerprint density at radius 1 is 1.19 bits per heavy atom. The minimum absolute atomic E-state index is 0.0112. The third-order valence-electron chi connectivity index (χ3n) is 6.28. The van der Waals surface area contributed by atoms with Gasteiger partial charge < -0.3 is 15.0 Å². The average molecular weight is 510 g/mol. The molecule has 0 aliphatic carbocycles. The van der Waals surface area contributed by atoms with Crippen molar-refractivity contribution in [3.8, 4) is 5.69 Å². The summed E-state index contributed by atoms with van der Waals surface area (Å²) < 4.78 is 6.72. The number of hydrogen-bond donors (Lipinski definition) is 1. The monoisotopic (exact) mass is 509 g/mol. The van der Waals surface area contributed by atoms with Crippen LogP contribution in [0.3, 0.4) is 0 Å². The second kappa shape index (κ2) is 11.5. The lowest BCUT2D eigenvalue weighted by Gasteiger charge is -2.31. The van der Waals surface area contributed by atoms with Gasteiger partial charge in [0.15, 0.2) is 0 Å². The Labute approximate surface area is 214 Å². The Kier molecular flexibility index (Phi) is 8.14. The zero-order chi connectivity index (χ0) is 25.7. The molecule has 1 N–H and O–H groups in total. The van der Waals surface area contributed by atoms with Gasteiger partial charge in [0.05, 0.1) is 41.2 Å². The van der Waals surface area contributed by atoms with Crippen molar-refractivity contribution in [3.05, 3.63) is 63.9 Å². The van der Waals surface area contributed by atoms with Crippen molar-refractivity contribution < 1.29 is 19.1 Å². The summed E-state index contributed by atoms with van der Waals surface area (Å²) in [6.45, 7) is 6.99. The molecule has 2 aromatic heterocycles. The number of amides is 2. The van der Waals surface area contributed by atoms with Crippen LogP contribution in [0.25, 0.3) is 5.69 Å². The summed E-state index contributed by atoms with van der Waals surface area (Å²) in [6.07, 6.45) is 3.33. The minimum atomic E-state index is -0.342. The lowest BCUT2D eigenvalue weighted by atomic mass is 9.97. The molecular formula is C26H31N5O4S. The van der Waals surface area contributed by atoms with E-state index in [0.29, 0.717) is 31.0 Å². The largest absolute Gasteiger partial charge is 0.466 e. The lowest BCUT2D eigenvalue weighted by Crippen LogP contribution is -2.38. The van der Waals surface area contributed by atoms with Gasteiger partial charge >= 0.3 is 5.97 Å². The third-order valence-corrected chi connectivity index (χ3v) is 7.29. The summed E-state index contributed by atoms with van der Waals surface area (Å²) in [7, 11) is 0. The standard InChI is InChI=1S/C26H31N5O4S/c1-4-35-23(32)14-17(2)28-24(33)22-16-36-25(29-22)19-10-12-30(13-11-19)26(34)21-15-27-31(18(21)3)20-8-6-5-7-9-20/h5-9,15-17,19H,4,10-14H2,1-3H3,(H,28,33). The molecule has 4 rings (SSSR count). The number of carbonyl (C=O) groups excluding carboxylic acids is 3. The van der Waals surface area contributed by atoms with Crippen molar-refractivity contribution in [1.82, 2.24) is 25.0 Å².